The highest BCUT2D eigenvalue weighted by Crippen LogP contribution is 2.34. The number of hydrogen-bond donors (Lipinski definition) is 1. The first-order chi connectivity index (χ1) is 11.0. The van der Waals surface area contributed by atoms with Gasteiger partial charge in [0.2, 0.25) is 5.91 Å². The van der Waals surface area contributed by atoms with Gasteiger partial charge in [0.25, 0.3) is 5.91 Å². The molecule has 1 fully saturated rings. The zero-order valence-corrected chi connectivity index (χ0v) is 13.0. The average Bonchev–Trinajstić information content (AvgIpc) is 3.04. The Balaban J connectivity index is 1.83. The van der Waals surface area contributed by atoms with E-state index < -0.39 is 17.4 Å². The molecule has 7 heteroatoms. The Labute approximate surface area is 133 Å². The molecule has 1 atom stereocenters. The quantitative estimate of drug-likeness (QED) is 0.661. The molecule has 0 unspecified atom stereocenters. The molecule has 0 radical (unpaired) electrons. The van der Waals surface area contributed by atoms with Crippen LogP contribution in [0, 0.1) is 6.92 Å². The summed E-state index contributed by atoms with van der Waals surface area (Å²) >= 11 is 0. The third-order valence-corrected chi connectivity index (χ3v) is 3.99. The second-order valence-electron chi connectivity index (χ2n) is 5.70. The predicted molar refractivity (Wildman–Crippen MR) is 82.8 cm³/mol. The summed E-state index contributed by atoms with van der Waals surface area (Å²) in [4.78, 5) is 38.0. The van der Waals surface area contributed by atoms with E-state index in [0.29, 0.717) is 5.69 Å². The van der Waals surface area contributed by atoms with Gasteiger partial charge in [0.1, 0.15) is 11.3 Å². The fraction of sp³-hybridized carbons (Fsp3) is 0.375. The molecule has 7 nitrogen and oxygen atoms in total. The molecule has 3 rings (SSSR count). The predicted octanol–water partition coefficient (Wildman–Crippen LogP) is 0.910. The highest BCUT2D eigenvalue weighted by atomic mass is 16.5. The standard InChI is InChI=1S/C16H17N3O4/c1-3-23-14(21)12-8-16(18-17-12)9-13(20)19(15(16)22)11-6-4-10(2)5-7-11/h4-7,18H,3,8-9H2,1-2H3/t16-/m0/s1. The number of carbonyl (C=O) groups excluding carboxylic acids is 3. The van der Waals surface area contributed by atoms with E-state index in [9.17, 15) is 14.4 Å². The van der Waals surface area contributed by atoms with Crippen LogP contribution in [0.1, 0.15) is 25.3 Å². The Morgan fingerprint density at radius 2 is 2.00 bits per heavy atom. The van der Waals surface area contributed by atoms with Crippen molar-refractivity contribution in [1.29, 1.82) is 0 Å². The number of aryl methyl sites for hydroxylation is 1. The summed E-state index contributed by atoms with van der Waals surface area (Å²) in [7, 11) is 0. The molecule has 2 heterocycles. The van der Waals surface area contributed by atoms with Gasteiger partial charge in [0.15, 0.2) is 0 Å². The van der Waals surface area contributed by atoms with E-state index in [1.807, 2.05) is 19.1 Å². The van der Waals surface area contributed by atoms with Crippen molar-refractivity contribution in [2.75, 3.05) is 11.5 Å². The molecule has 2 aliphatic heterocycles. The van der Waals surface area contributed by atoms with Crippen molar-refractivity contribution in [2.45, 2.75) is 32.2 Å². The van der Waals surface area contributed by atoms with Gasteiger partial charge in [0, 0.05) is 6.42 Å². The number of amides is 2. The molecule has 2 amide bonds. The van der Waals surface area contributed by atoms with Gasteiger partial charge in [-0.2, -0.15) is 5.10 Å². The maximum absolute atomic E-state index is 12.8. The van der Waals surface area contributed by atoms with Crippen LogP contribution in [-0.4, -0.2) is 35.6 Å². The summed E-state index contributed by atoms with van der Waals surface area (Å²) in [5, 5.41) is 3.91. The van der Waals surface area contributed by atoms with Crippen molar-refractivity contribution in [3.8, 4) is 0 Å². The van der Waals surface area contributed by atoms with Gasteiger partial charge in [0.05, 0.1) is 18.7 Å². The van der Waals surface area contributed by atoms with E-state index in [0.717, 1.165) is 10.5 Å². The van der Waals surface area contributed by atoms with Crippen LogP contribution in [0.5, 0.6) is 0 Å². The Morgan fingerprint density at radius 3 is 2.65 bits per heavy atom. The number of hydrogen-bond acceptors (Lipinski definition) is 6. The van der Waals surface area contributed by atoms with Crippen LogP contribution in [-0.2, 0) is 19.1 Å². The summed E-state index contributed by atoms with van der Waals surface area (Å²) in [5.74, 6) is -1.27. The normalized spacial score (nSPS) is 23.2. The largest absolute Gasteiger partial charge is 0.461 e. The molecule has 1 spiro atoms. The lowest BCUT2D eigenvalue weighted by atomic mass is 9.93. The molecule has 120 valence electrons. The van der Waals surface area contributed by atoms with E-state index in [4.69, 9.17) is 4.74 Å². The number of imide groups is 1. The van der Waals surface area contributed by atoms with Gasteiger partial charge in [-0.05, 0) is 26.0 Å². The van der Waals surface area contributed by atoms with Crippen molar-refractivity contribution in [3.05, 3.63) is 29.8 Å². The second-order valence-corrected chi connectivity index (χ2v) is 5.70. The van der Waals surface area contributed by atoms with E-state index in [1.165, 1.54) is 0 Å². The SMILES string of the molecule is CCOC(=O)C1=NN[C@]2(CC(=O)N(c3ccc(C)cc3)C2=O)C1. The number of ether oxygens (including phenoxy) is 1. The molecule has 1 aromatic carbocycles. The lowest BCUT2D eigenvalue weighted by Crippen LogP contribution is -2.47. The molecular formula is C16H17N3O4. The molecule has 1 N–H and O–H groups in total. The summed E-state index contributed by atoms with van der Waals surface area (Å²) < 4.78 is 4.90. The molecular weight excluding hydrogens is 298 g/mol. The van der Waals surface area contributed by atoms with Crippen molar-refractivity contribution >= 4 is 29.2 Å². The molecule has 0 bridgehead atoms. The maximum Gasteiger partial charge on any atom is 0.354 e. The number of nitrogens with zero attached hydrogens (tertiary/aromatic N) is 2. The molecule has 0 aromatic heterocycles. The molecule has 0 saturated carbocycles. The number of anilines is 1. The zero-order valence-electron chi connectivity index (χ0n) is 13.0. The highest BCUT2D eigenvalue weighted by Gasteiger charge is 2.56. The Kier molecular flexibility index (Phi) is 3.63. The van der Waals surface area contributed by atoms with Crippen molar-refractivity contribution in [2.24, 2.45) is 5.10 Å². The minimum atomic E-state index is -1.18. The van der Waals surface area contributed by atoms with Gasteiger partial charge < -0.3 is 4.74 Å². The van der Waals surface area contributed by atoms with Gasteiger partial charge in [-0.1, -0.05) is 17.7 Å². The Bertz CT molecular complexity index is 711. The molecule has 1 aromatic rings. The molecule has 23 heavy (non-hydrogen) atoms. The fourth-order valence-corrected chi connectivity index (χ4v) is 2.79. The lowest BCUT2D eigenvalue weighted by molar-refractivity contribution is -0.135. The van der Waals surface area contributed by atoms with Gasteiger partial charge >= 0.3 is 5.97 Å². The van der Waals surface area contributed by atoms with Crippen LogP contribution in [0.25, 0.3) is 0 Å². The number of benzene rings is 1. The smallest absolute Gasteiger partial charge is 0.354 e. The first-order valence-corrected chi connectivity index (χ1v) is 7.42. The number of carbonyl (C=O) groups is 3. The summed E-state index contributed by atoms with van der Waals surface area (Å²) in [6.45, 7) is 3.85. The topological polar surface area (TPSA) is 88.1 Å². The van der Waals surface area contributed by atoms with E-state index in [1.54, 1.807) is 19.1 Å². The average molecular weight is 315 g/mol. The lowest BCUT2D eigenvalue weighted by Gasteiger charge is -2.21. The van der Waals surface area contributed by atoms with Crippen molar-refractivity contribution < 1.29 is 19.1 Å². The van der Waals surface area contributed by atoms with Gasteiger partial charge in [-0.3, -0.25) is 15.0 Å². The minimum absolute atomic E-state index is 0.0356. The highest BCUT2D eigenvalue weighted by molar-refractivity contribution is 6.39. The first kappa shape index (κ1) is 15.2. The monoisotopic (exact) mass is 315 g/mol. The van der Waals surface area contributed by atoms with E-state index >= 15 is 0 Å². The molecule has 1 saturated heterocycles. The number of hydrazone groups is 1. The Hall–Kier alpha value is -2.70. The van der Waals surface area contributed by atoms with E-state index in [-0.39, 0.29) is 31.1 Å². The zero-order chi connectivity index (χ0) is 16.6. The fourth-order valence-electron chi connectivity index (χ4n) is 2.79. The third-order valence-electron chi connectivity index (χ3n) is 3.99. The number of nitrogens with one attached hydrogen (secondary N) is 1. The van der Waals surface area contributed by atoms with Gasteiger partial charge in [-0.25, -0.2) is 9.69 Å². The van der Waals surface area contributed by atoms with Crippen molar-refractivity contribution in [3.63, 3.8) is 0 Å². The molecule has 0 aliphatic carbocycles. The van der Waals surface area contributed by atoms with Crippen LogP contribution in [0.4, 0.5) is 5.69 Å². The van der Waals surface area contributed by atoms with Crippen LogP contribution in [0.2, 0.25) is 0 Å². The minimum Gasteiger partial charge on any atom is -0.461 e. The van der Waals surface area contributed by atoms with Crippen LogP contribution in [0.3, 0.4) is 0 Å². The van der Waals surface area contributed by atoms with Crippen LogP contribution in [0.15, 0.2) is 29.4 Å². The molecule has 2 aliphatic rings. The van der Waals surface area contributed by atoms with Crippen LogP contribution >= 0.6 is 0 Å². The third kappa shape index (κ3) is 2.48. The summed E-state index contributed by atoms with van der Waals surface area (Å²) in [6.07, 6.45) is 0.0187. The summed E-state index contributed by atoms with van der Waals surface area (Å²) in [6, 6.07) is 7.13. The second kappa shape index (κ2) is 5.49. The number of rotatable bonds is 3. The van der Waals surface area contributed by atoms with Gasteiger partial charge in [-0.15, -0.1) is 0 Å². The Morgan fingerprint density at radius 1 is 1.30 bits per heavy atom. The summed E-state index contributed by atoms with van der Waals surface area (Å²) in [5.41, 5.74) is 3.21. The van der Waals surface area contributed by atoms with Crippen molar-refractivity contribution in [1.82, 2.24) is 5.43 Å². The maximum atomic E-state index is 12.8. The first-order valence-electron chi connectivity index (χ1n) is 7.42. The number of esters is 1. The van der Waals surface area contributed by atoms with E-state index in [2.05, 4.69) is 10.5 Å². The van der Waals surface area contributed by atoms with Crippen LogP contribution < -0.4 is 10.3 Å².